The first-order valence-electron chi connectivity index (χ1n) is 10.3. The minimum Gasteiger partial charge on any atom is -0.387 e. The van der Waals surface area contributed by atoms with Crippen LogP contribution in [0.15, 0.2) is 24.3 Å². The zero-order valence-corrected chi connectivity index (χ0v) is 16.4. The van der Waals surface area contributed by atoms with Gasteiger partial charge in [-0.05, 0) is 25.7 Å². The van der Waals surface area contributed by atoms with Gasteiger partial charge in [0.1, 0.15) is 0 Å². The molecule has 25 heavy (non-hydrogen) atoms. The third-order valence-corrected chi connectivity index (χ3v) is 4.16. The maximum absolute atomic E-state index is 11.5. The fourth-order valence-corrected chi connectivity index (χ4v) is 2.61. The SMILES string of the molecule is CCCCCCCC/C=C/C(=O)OC(=O)/C=C/CCCCCCCC. The zero-order chi connectivity index (χ0) is 18.6. The molecule has 0 aliphatic carbocycles. The maximum Gasteiger partial charge on any atom is 0.338 e. The van der Waals surface area contributed by atoms with E-state index in [9.17, 15) is 9.59 Å². The van der Waals surface area contributed by atoms with Crippen LogP contribution in [0, 0.1) is 0 Å². The van der Waals surface area contributed by atoms with E-state index in [-0.39, 0.29) is 0 Å². The van der Waals surface area contributed by atoms with Crippen LogP contribution in [0.1, 0.15) is 104 Å². The molecule has 144 valence electrons. The van der Waals surface area contributed by atoms with Crippen molar-refractivity contribution in [3.05, 3.63) is 24.3 Å². The van der Waals surface area contributed by atoms with Gasteiger partial charge in [0.05, 0.1) is 0 Å². The van der Waals surface area contributed by atoms with E-state index < -0.39 is 11.9 Å². The molecule has 0 unspecified atom stereocenters. The van der Waals surface area contributed by atoms with E-state index in [4.69, 9.17) is 4.74 Å². The molecule has 0 saturated carbocycles. The summed E-state index contributed by atoms with van der Waals surface area (Å²) in [7, 11) is 0. The first kappa shape index (κ1) is 23.6. The summed E-state index contributed by atoms with van der Waals surface area (Å²) in [5, 5.41) is 0. The second-order valence-electron chi connectivity index (χ2n) is 6.66. The van der Waals surface area contributed by atoms with Crippen LogP contribution in [-0.4, -0.2) is 11.9 Å². The van der Waals surface area contributed by atoms with E-state index >= 15 is 0 Å². The number of allylic oxidation sites excluding steroid dienone is 2. The van der Waals surface area contributed by atoms with Crippen molar-refractivity contribution in [1.29, 1.82) is 0 Å². The number of ether oxygens (including phenoxy) is 1. The minimum absolute atomic E-state index is 0.569. The molecule has 0 aromatic carbocycles. The van der Waals surface area contributed by atoms with Gasteiger partial charge in [-0.25, -0.2) is 9.59 Å². The Balaban J connectivity index is 3.58. The van der Waals surface area contributed by atoms with E-state index in [0.717, 1.165) is 25.7 Å². The van der Waals surface area contributed by atoms with E-state index in [1.165, 1.54) is 76.4 Å². The summed E-state index contributed by atoms with van der Waals surface area (Å²) >= 11 is 0. The number of esters is 2. The molecule has 0 atom stereocenters. The molecule has 0 radical (unpaired) electrons. The molecule has 0 rings (SSSR count). The summed E-state index contributed by atoms with van der Waals surface area (Å²) in [6.45, 7) is 4.42. The van der Waals surface area contributed by atoms with Crippen LogP contribution in [0.25, 0.3) is 0 Å². The Morgan fingerprint density at radius 1 is 0.600 bits per heavy atom. The second-order valence-corrected chi connectivity index (χ2v) is 6.66. The Labute approximate surface area is 154 Å². The molecule has 0 saturated heterocycles. The molecule has 0 spiro atoms. The average Bonchev–Trinajstić information content (AvgIpc) is 2.59. The van der Waals surface area contributed by atoms with Gasteiger partial charge in [-0.1, -0.05) is 90.2 Å². The predicted molar refractivity (Wildman–Crippen MR) is 105 cm³/mol. The third kappa shape index (κ3) is 18.8. The Morgan fingerprint density at radius 2 is 0.960 bits per heavy atom. The molecule has 0 amide bonds. The fraction of sp³-hybridized carbons (Fsp3) is 0.727. The van der Waals surface area contributed by atoms with Gasteiger partial charge >= 0.3 is 11.9 Å². The van der Waals surface area contributed by atoms with Crippen molar-refractivity contribution in [3.63, 3.8) is 0 Å². The van der Waals surface area contributed by atoms with Gasteiger partial charge < -0.3 is 4.74 Å². The molecule has 3 nitrogen and oxygen atoms in total. The molecule has 3 heteroatoms. The number of carbonyl (C=O) groups is 2. The zero-order valence-electron chi connectivity index (χ0n) is 16.4. The smallest absolute Gasteiger partial charge is 0.338 e. The van der Waals surface area contributed by atoms with Crippen molar-refractivity contribution >= 4 is 11.9 Å². The van der Waals surface area contributed by atoms with Gasteiger partial charge in [0.25, 0.3) is 0 Å². The normalized spacial score (nSPS) is 11.4. The highest BCUT2D eigenvalue weighted by molar-refractivity contribution is 5.96. The molecule has 0 aromatic rings. The van der Waals surface area contributed by atoms with Gasteiger partial charge in [0, 0.05) is 12.2 Å². The highest BCUT2D eigenvalue weighted by atomic mass is 16.6. The van der Waals surface area contributed by atoms with E-state index in [0.29, 0.717) is 0 Å². The number of carbonyl (C=O) groups excluding carboxylic acids is 2. The lowest BCUT2D eigenvalue weighted by Crippen LogP contribution is -2.06. The van der Waals surface area contributed by atoms with Gasteiger partial charge in [0.15, 0.2) is 0 Å². The standard InChI is InChI=1S/C22H38O3/c1-3-5-7-9-11-13-15-17-19-21(23)25-22(24)20-18-16-14-12-10-8-6-4-2/h17-20H,3-16H2,1-2H3/b19-17+,20-18+. The van der Waals surface area contributed by atoms with Crippen molar-refractivity contribution in [2.24, 2.45) is 0 Å². The van der Waals surface area contributed by atoms with E-state index in [2.05, 4.69) is 13.8 Å². The summed E-state index contributed by atoms with van der Waals surface area (Å²) in [4.78, 5) is 23.0. The molecule has 0 bridgehead atoms. The van der Waals surface area contributed by atoms with Gasteiger partial charge in [-0.3, -0.25) is 0 Å². The monoisotopic (exact) mass is 350 g/mol. The lowest BCUT2D eigenvalue weighted by atomic mass is 10.1. The van der Waals surface area contributed by atoms with Crippen molar-refractivity contribution in [3.8, 4) is 0 Å². The summed E-state index contributed by atoms with van der Waals surface area (Å²) in [6.07, 6.45) is 22.8. The Kier molecular flexibility index (Phi) is 17.9. The topological polar surface area (TPSA) is 43.4 Å². The molecular weight excluding hydrogens is 312 g/mol. The van der Waals surface area contributed by atoms with Crippen LogP contribution in [0.5, 0.6) is 0 Å². The largest absolute Gasteiger partial charge is 0.387 e. The highest BCUT2D eigenvalue weighted by Crippen LogP contribution is 2.08. The van der Waals surface area contributed by atoms with Crippen LogP contribution >= 0.6 is 0 Å². The fourth-order valence-electron chi connectivity index (χ4n) is 2.61. The average molecular weight is 351 g/mol. The minimum atomic E-state index is -0.569. The number of hydrogen-bond donors (Lipinski definition) is 0. The van der Waals surface area contributed by atoms with Crippen LogP contribution in [0.3, 0.4) is 0 Å². The highest BCUT2D eigenvalue weighted by Gasteiger charge is 2.02. The lowest BCUT2D eigenvalue weighted by molar-refractivity contribution is -0.152. The summed E-state index contributed by atoms with van der Waals surface area (Å²) in [5.41, 5.74) is 0. The summed E-state index contributed by atoms with van der Waals surface area (Å²) in [5.74, 6) is -1.14. The molecule has 0 heterocycles. The molecule has 0 aromatic heterocycles. The molecule has 0 aliphatic rings. The first-order chi connectivity index (χ1) is 12.2. The van der Waals surface area contributed by atoms with Crippen molar-refractivity contribution in [1.82, 2.24) is 0 Å². The molecule has 0 aliphatic heterocycles. The van der Waals surface area contributed by atoms with E-state index in [1.54, 1.807) is 12.2 Å². The van der Waals surface area contributed by atoms with Crippen LogP contribution in [-0.2, 0) is 14.3 Å². The van der Waals surface area contributed by atoms with Gasteiger partial charge in [0.2, 0.25) is 0 Å². The lowest BCUT2D eigenvalue weighted by Gasteiger charge is -1.98. The van der Waals surface area contributed by atoms with Crippen LogP contribution < -0.4 is 0 Å². The molecule has 0 fully saturated rings. The van der Waals surface area contributed by atoms with Crippen molar-refractivity contribution in [2.75, 3.05) is 0 Å². The van der Waals surface area contributed by atoms with Gasteiger partial charge in [-0.2, -0.15) is 0 Å². The predicted octanol–water partition coefficient (Wildman–Crippen LogP) is 6.67. The van der Waals surface area contributed by atoms with Gasteiger partial charge in [-0.15, -0.1) is 0 Å². The summed E-state index contributed by atoms with van der Waals surface area (Å²) < 4.78 is 4.72. The maximum atomic E-state index is 11.5. The second kappa shape index (κ2) is 19.0. The summed E-state index contributed by atoms with van der Waals surface area (Å²) in [6, 6.07) is 0. The Hall–Kier alpha value is -1.38. The van der Waals surface area contributed by atoms with Crippen molar-refractivity contribution in [2.45, 2.75) is 104 Å². The number of unbranched alkanes of at least 4 members (excludes halogenated alkanes) is 12. The third-order valence-electron chi connectivity index (χ3n) is 4.16. The van der Waals surface area contributed by atoms with E-state index in [1.807, 2.05) is 0 Å². The molecular formula is C22H38O3. The first-order valence-corrected chi connectivity index (χ1v) is 10.3. The Morgan fingerprint density at radius 3 is 1.36 bits per heavy atom. The number of rotatable bonds is 16. The van der Waals surface area contributed by atoms with Crippen LogP contribution in [0.2, 0.25) is 0 Å². The number of hydrogen-bond acceptors (Lipinski definition) is 3. The Bertz CT molecular complexity index is 347. The van der Waals surface area contributed by atoms with Crippen LogP contribution in [0.4, 0.5) is 0 Å². The molecule has 0 N–H and O–H groups in total. The quantitative estimate of drug-likeness (QED) is 0.135. The van der Waals surface area contributed by atoms with Crippen molar-refractivity contribution < 1.29 is 14.3 Å².